The van der Waals surface area contributed by atoms with Crippen LogP contribution >= 0.6 is 8.18 Å². The van der Waals surface area contributed by atoms with Gasteiger partial charge in [0.05, 0.1) is 0 Å². The molecular formula is C15H26NO6P. The molecule has 132 valence electrons. The summed E-state index contributed by atoms with van der Waals surface area (Å²) in [7, 11) is -3.10. The molecule has 0 aliphatic heterocycles. The normalized spacial score (nSPS) is 11.8. The summed E-state index contributed by atoms with van der Waals surface area (Å²) in [6.45, 7) is 4.36. The van der Waals surface area contributed by atoms with Gasteiger partial charge >= 0.3 is 11.9 Å². The molecule has 0 spiro atoms. The van der Waals surface area contributed by atoms with E-state index in [9.17, 15) is 14.2 Å². The number of carboxylic acids is 2. The summed E-state index contributed by atoms with van der Waals surface area (Å²) in [6.07, 6.45) is 2.06. The number of hydrogen-bond acceptors (Lipinski definition) is 3. The molecule has 0 aromatic heterocycles. The monoisotopic (exact) mass is 347 g/mol. The summed E-state index contributed by atoms with van der Waals surface area (Å²) in [6, 6.07) is 10.7. The maximum atomic E-state index is 10.4. The smallest absolute Gasteiger partial charge is 0.321 e. The first kappa shape index (κ1) is 23.6. The van der Waals surface area contributed by atoms with Crippen LogP contribution in [0.2, 0.25) is 0 Å². The number of carboxylic acid groups (broad SMARTS) is 2. The molecule has 0 aliphatic rings. The van der Waals surface area contributed by atoms with E-state index in [0.717, 1.165) is 0 Å². The largest absolute Gasteiger partial charge is 0.481 e. The van der Waals surface area contributed by atoms with E-state index in [1.165, 1.54) is 12.8 Å². The fourth-order valence-electron chi connectivity index (χ4n) is 1.06. The molecule has 0 amide bonds. The van der Waals surface area contributed by atoms with Crippen LogP contribution in [-0.2, 0) is 14.2 Å². The standard InChI is InChI=1S/C6H6.C5H10NO6P.C4H10/c1-2-4-6-5-3-1;7-4(8)2-1-3(5(9)10)6-13(11)12;1-3-4-2/h1-6H;3,13H,1-2H2,(H,7,8)(H,9,10)(H2,6,11,12);3-4H2,1-2H3. The van der Waals surface area contributed by atoms with Crippen molar-refractivity contribution < 1.29 is 29.3 Å². The Morgan fingerprint density at radius 3 is 1.61 bits per heavy atom. The first-order chi connectivity index (χ1) is 10.8. The van der Waals surface area contributed by atoms with Gasteiger partial charge in [-0.1, -0.05) is 63.1 Å². The van der Waals surface area contributed by atoms with Gasteiger partial charge in [-0.3, -0.25) is 14.2 Å². The van der Waals surface area contributed by atoms with Crippen molar-refractivity contribution in [3.63, 3.8) is 0 Å². The highest BCUT2D eigenvalue weighted by atomic mass is 31.1. The fourth-order valence-corrected chi connectivity index (χ4v) is 1.63. The van der Waals surface area contributed by atoms with E-state index in [1.54, 1.807) is 0 Å². The number of carbonyl (C=O) groups is 2. The maximum Gasteiger partial charge on any atom is 0.321 e. The van der Waals surface area contributed by atoms with Crippen LogP contribution in [0.15, 0.2) is 36.4 Å². The second-order valence-corrected chi connectivity index (χ2v) is 5.33. The zero-order chi connectivity index (χ0) is 18.1. The van der Waals surface area contributed by atoms with Crippen molar-refractivity contribution in [2.75, 3.05) is 0 Å². The van der Waals surface area contributed by atoms with Crippen molar-refractivity contribution in [3.8, 4) is 0 Å². The summed E-state index contributed by atoms with van der Waals surface area (Å²) < 4.78 is 10.2. The third kappa shape index (κ3) is 20.3. The third-order valence-corrected chi connectivity index (χ3v) is 3.00. The van der Waals surface area contributed by atoms with Crippen molar-refractivity contribution in [1.29, 1.82) is 0 Å². The Labute approximate surface area is 137 Å². The van der Waals surface area contributed by atoms with E-state index in [-0.39, 0.29) is 12.8 Å². The van der Waals surface area contributed by atoms with Crippen LogP contribution in [0.3, 0.4) is 0 Å². The van der Waals surface area contributed by atoms with Gasteiger partial charge in [0.1, 0.15) is 6.04 Å². The summed E-state index contributed by atoms with van der Waals surface area (Å²) >= 11 is 0. The minimum atomic E-state index is -3.10. The number of aliphatic carboxylic acids is 2. The molecule has 0 saturated carbocycles. The summed E-state index contributed by atoms with van der Waals surface area (Å²) in [4.78, 5) is 28.8. The Kier molecular flexibility index (Phi) is 17.1. The van der Waals surface area contributed by atoms with Crippen molar-refractivity contribution in [2.45, 2.75) is 45.6 Å². The number of rotatable bonds is 7. The number of nitrogens with one attached hydrogen (secondary N) is 1. The van der Waals surface area contributed by atoms with E-state index in [4.69, 9.17) is 15.1 Å². The molecule has 0 fully saturated rings. The van der Waals surface area contributed by atoms with E-state index < -0.39 is 26.2 Å². The minimum Gasteiger partial charge on any atom is -0.481 e. The summed E-state index contributed by atoms with van der Waals surface area (Å²) in [5, 5.41) is 18.5. The summed E-state index contributed by atoms with van der Waals surface area (Å²) in [5.74, 6) is -2.49. The predicted molar refractivity (Wildman–Crippen MR) is 89.7 cm³/mol. The molecule has 0 aliphatic carbocycles. The van der Waals surface area contributed by atoms with Gasteiger partial charge in [0.15, 0.2) is 0 Å². The van der Waals surface area contributed by atoms with E-state index >= 15 is 0 Å². The SMILES string of the molecule is CCCC.O=C(O)CCC(N[PH](=O)O)C(=O)O.c1ccccc1. The van der Waals surface area contributed by atoms with Crippen LogP contribution in [0.5, 0.6) is 0 Å². The number of unbranched alkanes of at least 4 members (excludes halogenated alkanes) is 1. The van der Waals surface area contributed by atoms with Gasteiger partial charge in [-0.2, -0.15) is 0 Å². The Bertz CT molecular complexity index is 412. The van der Waals surface area contributed by atoms with Gasteiger partial charge in [-0.05, 0) is 6.42 Å². The van der Waals surface area contributed by atoms with Crippen LogP contribution in [0.1, 0.15) is 39.5 Å². The molecular weight excluding hydrogens is 321 g/mol. The van der Waals surface area contributed by atoms with Crippen LogP contribution in [0, 0.1) is 0 Å². The molecule has 23 heavy (non-hydrogen) atoms. The molecule has 1 aromatic rings. The highest BCUT2D eigenvalue weighted by molar-refractivity contribution is 7.35. The van der Waals surface area contributed by atoms with Crippen LogP contribution in [-0.4, -0.2) is 33.1 Å². The molecule has 8 heteroatoms. The fraction of sp³-hybridized carbons (Fsp3) is 0.467. The van der Waals surface area contributed by atoms with Gasteiger partial charge in [-0.25, -0.2) is 5.09 Å². The van der Waals surface area contributed by atoms with Crippen LogP contribution in [0.4, 0.5) is 0 Å². The van der Waals surface area contributed by atoms with E-state index in [0.29, 0.717) is 0 Å². The second kappa shape index (κ2) is 16.7. The summed E-state index contributed by atoms with van der Waals surface area (Å²) in [5.41, 5.74) is 0. The molecule has 2 unspecified atom stereocenters. The second-order valence-electron chi connectivity index (χ2n) is 4.43. The molecule has 0 saturated heterocycles. The molecule has 4 N–H and O–H groups in total. The van der Waals surface area contributed by atoms with Crippen molar-refractivity contribution in [1.82, 2.24) is 5.09 Å². The topological polar surface area (TPSA) is 124 Å². The molecule has 7 nitrogen and oxygen atoms in total. The average molecular weight is 347 g/mol. The lowest BCUT2D eigenvalue weighted by molar-refractivity contribution is -0.140. The Balaban J connectivity index is 0. The highest BCUT2D eigenvalue weighted by Crippen LogP contribution is 2.10. The van der Waals surface area contributed by atoms with Crippen molar-refractivity contribution in [3.05, 3.63) is 36.4 Å². The van der Waals surface area contributed by atoms with Crippen molar-refractivity contribution >= 4 is 20.1 Å². The van der Waals surface area contributed by atoms with E-state index in [2.05, 4.69) is 13.8 Å². The Morgan fingerprint density at radius 2 is 1.39 bits per heavy atom. The first-order valence-corrected chi connectivity index (χ1v) is 8.64. The lowest BCUT2D eigenvalue weighted by Gasteiger charge is -2.09. The molecule has 0 bridgehead atoms. The van der Waals surface area contributed by atoms with Gasteiger partial charge in [0, 0.05) is 6.42 Å². The van der Waals surface area contributed by atoms with Gasteiger partial charge < -0.3 is 15.1 Å². The molecule has 0 heterocycles. The Hall–Kier alpha value is -1.69. The predicted octanol–water partition coefficient (Wildman–Crippen LogP) is 2.77. The highest BCUT2D eigenvalue weighted by Gasteiger charge is 2.19. The zero-order valence-electron chi connectivity index (χ0n) is 13.4. The van der Waals surface area contributed by atoms with Gasteiger partial charge in [0.2, 0.25) is 0 Å². The third-order valence-electron chi connectivity index (χ3n) is 2.41. The van der Waals surface area contributed by atoms with Gasteiger partial charge in [-0.15, -0.1) is 0 Å². The molecule has 1 rings (SSSR count). The quantitative estimate of drug-likeness (QED) is 0.559. The minimum absolute atomic E-state index is 0.221. The molecule has 1 aromatic carbocycles. The average Bonchev–Trinajstić information content (AvgIpc) is 2.53. The van der Waals surface area contributed by atoms with Crippen LogP contribution < -0.4 is 5.09 Å². The zero-order valence-corrected chi connectivity index (χ0v) is 14.4. The Morgan fingerprint density at radius 1 is 1.00 bits per heavy atom. The lowest BCUT2D eigenvalue weighted by atomic mass is 10.2. The lowest BCUT2D eigenvalue weighted by Crippen LogP contribution is -2.32. The van der Waals surface area contributed by atoms with Gasteiger partial charge in [0.25, 0.3) is 8.18 Å². The van der Waals surface area contributed by atoms with E-state index in [1.807, 2.05) is 41.5 Å². The molecule has 2 atom stereocenters. The van der Waals surface area contributed by atoms with Crippen LogP contribution in [0.25, 0.3) is 0 Å². The maximum absolute atomic E-state index is 10.4. The number of hydrogen-bond donors (Lipinski definition) is 4. The molecule has 0 radical (unpaired) electrons. The first-order valence-electron chi connectivity index (χ1n) is 7.29. The number of benzene rings is 1. The van der Waals surface area contributed by atoms with Crippen molar-refractivity contribution in [2.24, 2.45) is 0 Å².